The number of carbonyl (C=O) groups is 1. The van der Waals surface area contributed by atoms with Crippen molar-refractivity contribution in [2.24, 2.45) is 0 Å². The Hall–Kier alpha value is -1.35. The molecule has 2 aromatic rings. The highest BCUT2D eigenvalue weighted by Crippen LogP contribution is 2.33. The molecule has 0 spiro atoms. The summed E-state index contributed by atoms with van der Waals surface area (Å²) in [5.41, 5.74) is 0.752. The average Bonchev–Trinajstić information content (AvgIpc) is 2.60. The third kappa shape index (κ3) is 1.30. The molecule has 0 saturated heterocycles. The van der Waals surface area contributed by atoms with E-state index < -0.39 is 0 Å². The lowest BCUT2D eigenvalue weighted by Gasteiger charge is -2.02. The Labute approximate surface area is 86.1 Å². The fraction of sp³-hybridized carbons (Fsp3) is 0.182. The van der Waals surface area contributed by atoms with Crippen LogP contribution in [0.2, 0.25) is 0 Å². The lowest BCUT2D eigenvalue weighted by atomic mass is 10.1. The molecule has 0 N–H and O–H groups in total. The fourth-order valence-electron chi connectivity index (χ4n) is 1.49. The van der Waals surface area contributed by atoms with Crippen LogP contribution in [-0.2, 0) is 0 Å². The number of ether oxygens (including phenoxy) is 1. The molecule has 0 amide bonds. The summed E-state index contributed by atoms with van der Waals surface area (Å²) in [5.74, 6) is 0.856. The van der Waals surface area contributed by atoms with Crippen molar-refractivity contribution in [1.29, 1.82) is 0 Å². The Balaban J connectivity index is 2.81. The number of rotatable bonds is 2. The zero-order chi connectivity index (χ0) is 10.1. The first-order valence-corrected chi connectivity index (χ1v) is 5.17. The van der Waals surface area contributed by atoms with Gasteiger partial charge in [0.25, 0.3) is 0 Å². The van der Waals surface area contributed by atoms with Gasteiger partial charge in [0.15, 0.2) is 5.78 Å². The summed E-state index contributed by atoms with van der Waals surface area (Å²) in [7, 11) is 1.62. The van der Waals surface area contributed by atoms with E-state index in [9.17, 15) is 4.79 Å². The number of carbonyl (C=O) groups excluding carboxylic acids is 1. The van der Waals surface area contributed by atoms with Gasteiger partial charge < -0.3 is 4.74 Å². The summed E-state index contributed by atoms with van der Waals surface area (Å²) in [6.07, 6.45) is 0. The van der Waals surface area contributed by atoms with Crippen molar-refractivity contribution >= 4 is 27.2 Å². The van der Waals surface area contributed by atoms with Crippen molar-refractivity contribution in [3.8, 4) is 5.75 Å². The zero-order valence-electron chi connectivity index (χ0n) is 8.03. The normalized spacial score (nSPS) is 10.4. The molecule has 0 aliphatic rings. The lowest BCUT2D eigenvalue weighted by molar-refractivity contribution is 0.101. The third-order valence-electron chi connectivity index (χ3n) is 2.16. The van der Waals surface area contributed by atoms with Crippen molar-refractivity contribution in [3.05, 3.63) is 29.1 Å². The summed E-state index contributed by atoms with van der Waals surface area (Å²) in [6, 6.07) is 5.80. The summed E-state index contributed by atoms with van der Waals surface area (Å²) in [6.45, 7) is 1.58. The van der Waals surface area contributed by atoms with E-state index in [0.717, 1.165) is 21.4 Å². The van der Waals surface area contributed by atoms with E-state index >= 15 is 0 Å². The first-order valence-electron chi connectivity index (χ1n) is 4.29. The standard InChI is InChI=1S/C11H10O2S/c1-7(12)8-6-14-10-5-3-4-9(13-2)11(8)10/h3-6H,1-2H3. The molecule has 0 saturated carbocycles. The van der Waals surface area contributed by atoms with Crippen LogP contribution in [0, 0.1) is 0 Å². The summed E-state index contributed by atoms with van der Waals surface area (Å²) in [4.78, 5) is 11.3. The number of Topliss-reactive ketones (excluding diaryl/α,β-unsaturated/α-hetero) is 1. The van der Waals surface area contributed by atoms with Crippen LogP contribution < -0.4 is 4.74 Å². The smallest absolute Gasteiger partial charge is 0.161 e. The maximum Gasteiger partial charge on any atom is 0.161 e. The molecule has 0 radical (unpaired) electrons. The van der Waals surface area contributed by atoms with Crippen molar-refractivity contribution < 1.29 is 9.53 Å². The topological polar surface area (TPSA) is 26.3 Å². The summed E-state index contributed by atoms with van der Waals surface area (Å²) < 4.78 is 6.32. The highest BCUT2D eigenvalue weighted by Gasteiger charge is 2.11. The van der Waals surface area contributed by atoms with Crippen LogP contribution in [0.5, 0.6) is 5.75 Å². The maximum absolute atomic E-state index is 11.3. The van der Waals surface area contributed by atoms with Crippen LogP contribution in [0.1, 0.15) is 17.3 Å². The third-order valence-corrected chi connectivity index (χ3v) is 3.11. The van der Waals surface area contributed by atoms with Gasteiger partial charge in [-0.3, -0.25) is 4.79 Å². The minimum Gasteiger partial charge on any atom is -0.496 e. The molecule has 72 valence electrons. The number of thiophene rings is 1. The van der Waals surface area contributed by atoms with Crippen molar-refractivity contribution in [1.82, 2.24) is 0 Å². The fourth-order valence-corrected chi connectivity index (χ4v) is 2.50. The second kappa shape index (κ2) is 3.42. The molecule has 2 rings (SSSR count). The molecular weight excluding hydrogens is 196 g/mol. The molecular formula is C11H10O2S. The number of hydrogen-bond donors (Lipinski definition) is 0. The quantitative estimate of drug-likeness (QED) is 0.706. The first kappa shape index (κ1) is 9.21. The van der Waals surface area contributed by atoms with Gasteiger partial charge >= 0.3 is 0 Å². The number of methoxy groups -OCH3 is 1. The van der Waals surface area contributed by atoms with E-state index in [-0.39, 0.29) is 5.78 Å². The molecule has 0 fully saturated rings. The average molecular weight is 206 g/mol. The van der Waals surface area contributed by atoms with Crippen LogP contribution in [0.25, 0.3) is 10.1 Å². The zero-order valence-corrected chi connectivity index (χ0v) is 8.85. The molecule has 1 heterocycles. The van der Waals surface area contributed by atoms with Crippen molar-refractivity contribution in [3.63, 3.8) is 0 Å². The van der Waals surface area contributed by atoms with Gasteiger partial charge in [0.1, 0.15) is 5.75 Å². The van der Waals surface area contributed by atoms with Crippen LogP contribution in [0.3, 0.4) is 0 Å². The number of ketones is 1. The van der Waals surface area contributed by atoms with Crippen LogP contribution in [-0.4, -0.2) is 12.9 Å². The van der Waals surface area contributed by atoms with E-state index in [4.69, 9.17) is 4.74 Å². The van der Waals surface area contributed by atoms with Crippen LogP contribution in [0.4, 0.5) is 0 Å². The van der Waals surface area contributed by atoms with Crippen molar-refractivity contribution in [2.45, 2.75) is 6.92 Å². The van der Waals surface area contributed by atoms with Gasteiger partial charge in [0.05, 0.1) is 7.11 Å². The Bertz CT molecular complexity index is 485. The van der Waals surface area contributed by atoms with E-state index in [0.29, 0.717) is 0 Å². The minimum atomic E-state index is 0.0840. The summed E-state index contributed by atoms with van der Waals surface area (Å²) >= 11 is 1.57. The van der Waals surface area contributed by atoms with E-state index in [1.165, 1.54) is 0 Å². The monoisotopic (exact) mass is 206 g/mol. The molecule has 0 atom stereocenters. The Morgan fingerprint density at radius 1 is 1.43 bits per heavy atom. The van der Waals surface area contributed by atoms with E-state index in [1.54, 1.807) is 25.4 Å². The van der Waals surface area contributed by atoms with E-state index in [2.05, 4.69) is 0 Å². The second-order valence-corrected chi connectivity index (χ2v) is 3.95. The SMILES string of the molecule is COc1cccc2scc(C(C)=O)c12. The molecule has 0 aliphatic carbocycles. The molecule has 1 aromatic carbocycles. The van der Waals surface area contributed by atoms with Gasteiger partial charge in [0, 0.05) is 21.0 Å². The minimum absolute atomic E-state index is 0.0840. The van der Waals surface area contributed by atoms with Crippen LogP contribution in [0.15, 0.2) is 23.6 Å². The molecule has 0 bridgehead atoms. The molecule has 2 nitrogen and oxygen atoms in total. The largest absolute Gasteiger partial charge is 0.496 e. The maximum atomic E-state index is 11.3. The lowest BCUT2D eigenvalue weighted by Crippen LogP contribution is -1.91. The predicted molar refractivity (Wildman–Crippen MR) is 58.4 cm³/mol. The van der Waals surface area contributed by atoms with E-state index in [1.807, 2.05) is 23.6 Å². The number of fused-ring (bicyclic) bond motifs is 1. The van der Waals surface area contributed by atoms with Crippen LogP contribution >= 0.6 is 11.3 Å². The predicted octanol–water partition coefficient (Wildman–Crippen LogP) is 3.11. The molecule has 0 aliphatic heterocycles. The second-order valence-electron chi connectivity index (χ2n) is 3.04. The first-order chi connectivity index (χ1) is 6.74. The molecule has 3 heteroatoms. The molecule has 14 heavy (non-hydrogen) atoms. The Morgan fingerprint density at radius 2 is 2.21 bits per heavy atom. The highest BCUT2D eigenvalue weighted by molar-refractivity contribution is 7.17. The van der Waals surface area contributed by atoms with Gasteiger partial charge in [-0.2, -0.15) is 0 Å². The van der Waals surface area contributed by atoms with Gasteiger partial charge in [-0.25, -0.2) is 0 Å². The van der Waals surface area contributed by atoms with Gasteiger partial charge in [-0.15, -0.1) is 11.3 Å². The Kier molecular flexibility index (Phi) is 2.25. The highest BCUT2D eigenvalue weighted by atomic mass is 32.1. The molecule has 0 unspecified atom stereocenters. The van der Waals surface area contributed by atoms with Gasteiger partial charge in [-0.1, -0.05) is 6.07 Å². The summed E-state index contributed by atoms with van der Waals surface area (Å²) in [5, 5.41) is 2.82. The van der Waals surface area contributed by atoms with Gasteiger partial charge in [0.2, 0.25) is 0 Å². The Morgan fingerprint density at radius 3 is 2.86 bits per heavy atom. The van der Waals surface area contributed by atoms with Gasteiger partial charge in [-0.05, 0) is 19.1 Å². The van der Waals surface area contributed by atoms with Crippen molar-refractivity contribution in [2.75, 3.05) is 7.11 Å². The molecule has 1 aromatic heterocycles. The number of hydrogen-bond acceptors (Lipinski definition) is 3. The number of benzene rings is 1.